The lowest BCUT2D eigenvalue weighted by molar-refractivity contribution is 0.0519. The summed E-state index contributed by atoms with van der Waals surface area (Å²) in [5.74, 6) is 0.220. The number of aryl methyl sites for hydroxylation is 1. The van der Waals surface area contributed by atoms with Crippen LogP contribution in [0, 0.1) is 11.7 Å². The summed E-state index contributed by atoms with van der Waals surface area (Å²) >= 11 is 6.28. The van der Waals surface area contributed by atoms with E-state index >= 15 is 4.39 Å². The lowest BCUT2D eigenvalue weighted by atomic mass is 9.88. The van der Waals surface area contributed by atoms with Gasteiger partial charge in [0.2, 0.25) is 0 Å². The van der Waals surface area contributed by atoms with Crippen molar-refractivity contribution in [1.29, 1.82) is 0 Å². The molecule has 9 nitrogen and oxygen atoms in total. The van der Waals surface area contributed by atoms with Crippen molar-refractivity contribution in [1.82, 2.24) is 19.4 Å². The molecule has 4 aromatic rings. The number of aliphatic imine (C=N–C) groups is 1. The van der Waals surface area contributed by atoms with E-state index in [1.807, 2.05) is 26.0 Å². The summed E-state index contributed by atoms with van der Waals surface area (Å²) in [6.07, 6.45) is 8.31. The van der Waals surface area contributed by atoms with E-state index in [1.165, 1.54) is 10.1 Å². The van der Waals surface area contributed by atoms with Crippen molar-refractivity contribution in [2.24, 2.45) is 22.4 Å². The molecule has 1 saturated heterocycles. The van der Waals surface area contributed by atoms with Crippen LogP contribution in [0.5, 0.6) is 0 Å². The minimum Gasteiger partial charge on any atom is -0.396 e. The number of piperidine rings is 1. The maximum absolute atomic E-state index is 15.2. The molecule has 4 atom stereocenters. The molecule has 1 aliphatic rings. The molecule has 47 heavy (non-hydrogen) atoms. The molecule has 0 radical (unpaired) electrons. The van der Waals surface area contributed by atoms with Gasteiger partial charge in [-0.3, -0.25) is 14.5 Å². The molecule has 252 valence electrons. The van der Waals surface area contributed by atoms with Gasteiger partial charge in [-0.25, -0.2) is 9.18 Å². The third kappa shape index (κ3) is 8.48. The smallest absolute Gasteiger partial charge is 0.354 e. The molecule has 0 amide bonds. The SMILES string of the molecule is CC(N)=NCC[C@@H]1CCC[C@@H](c2ccc(-n3cc4cc(-c5cc(CCC[C@H](C)N)cc(Cl)c5F)[nH]c4nc3=O)cc2)N1C[C@H](C)CO. The Morgan fingerprint density at radius 3 is 2.68 bits per heavy atom. The number of benzene rings is 2. The largest absolute Gasteiger partial charge is 0.396 e. The number of nitrogens with one attached hydrogen (secondary N) is 1. The Labute approximate surface area is 280 Å². The lowest BCUT2D eigenvalue weighted by Crippen LogP contribution is -2.45. The van der Waals surface area contributed by atoms with Crippen LogP contribution in [-0.4, -0.2) is 62.2 Å². The Morgan fingerprint density at radius 2 is 1.98 bits per heavy atom. The minimum absolute atomic E-state index is 0.0532. The predicted molar refractivity (Wildman–Crippen MR) is 189 cm³/mol. The van der Waals surface area contributed by atoms with E-state index in [9.17, 15) is 9.90 Å². The van der Waals surface area contributed by atoms with Gasteiger partial charge < -0.3 is 21.6 Å². The lowest BCUT2D eigenvalue weighted by Gasteiger charge is -2.43. The number of likely N-dealkylation sites (tertiary alicyclic amines) is 1. The van der Waals surface area contributed by atoms with Crippen LogP contribution < -0.4 is 17.2 Å². The average molecular weight is 664 g/mol. The van der Waals surface area contributed by atoms with Crippen LogP contribution in [0.1, 0.15) is 76.5 Å². The normalized spacial score (nSPS) is 18.9. The van der Waals surface area contributed by atoms with Crippen molar-refractivity contribution in [2.75, 3.05) is 19.7 Å². The standard InChI is InChI=1S/C36H47ClFN7O2/c1-22(21-46)19-44-28(14-15-41-24(3)40)8-5-9-33(44)26-10-12-29(13-11-26)45-20-27-18-32(42-35(27)43-36(45)47)30-16-25(7-4-6-23(2)39)17-31(37)34(30)38/h10-13,16-18,20,22-23,28,33,46H,4-9,14-15,19,21,39H2,1-3H3,(H2,40,41)(H,42,43,47)/t22-,23-,28-,33-/m0/s1. The van der Waals surface area contributed by atoms with Crippen LogP contribution in [0.2, 0.25) is 5.02 Å². The fraction of sp³-hybridized carbons (Fsp3) is 0.472. The van der Waals surface area contributed by atoms with Crippen molar-refractivity contribution in [2.45, 2.75) is 83.8 Å². The molecule has 2 aromatic carbocycles. The first-order valence-corrected chi connectivity index (χ1v) is 17.0. The number of aromatic amines is 1. The number of halogens is 2. The van der Waals surface area contributed by atoms with Gasteiger partial charge in [-0.1, -0.05) is 30.7 Å². The molecule has 0 bridgehead atoms. The zero-order chi connectivity index (χ0) is 33.7. The van der Waals surface area contributed by atoms with Crippen molar-refractivity contribution in [3.63, 3.8) is 0 Å². The fourth-order valence-electron chi connectivity index (χ4n) is 6.68. The number of aliphatic hydroxyl groups is 1. The van der Waals surface area contributed by atoms with Crippen molar-refractivity contribution >= 4 is 28.5 Å². The Kier molecular flexibility index (Phi) is 11.5. The first kappa shape index (κ1) is 34.8. The number of nitrogens with two attached hydrogens (primary N) is 2. The van der Waals surface area contributed by atoms with E-state index in [4.69, 9.17) is 23.1 Å². The van der Waals surface area contributed by atoms with Crippen LogP contribution in [0.4, 0.5) is 4.39 Å². The van der Waals surface area contributed by atoms with Gasteiger partial charge in [0, 0.05) is 55.0 Å². The monoisotopic (exact) mass is 663 g/mol. The number of aliphatic hydroxyl groups excluding tert-OH is 1. The first-order valence-electron chi connectivity index (χ1n) is 16.6. The first-order chi connectivity index (χ1) is 22.5. The Morgan fingerprint density at radius 1 is 1.21 bits per heavy atom. The van der Waals surface area contributed by atoms with Crippen LogP contribution in [-0.2, 0) is 6.42 Å². The van der Waals surface area contributed by atoms with Gasteiger partial charge in [-0.15, -0.1) is 0 Å². The average Bonchev–Trinajstić information content (AvgIpc) is 3.45. The third-order valence-electron chi connectivity index (χ3n) is 9.11. The van der Waals surface area contributed by atoms with E-state index in [0.29, 0.717) is 46.4 Å². The second-order valence-electron chi connectivity index (χ2n) is 13.2. The highest BCUT2D eigenvalue weighted by Crippen LogP contribution is 2.37. The zero-order valence-corrected chi connectivity index (χ0v) is 28.3. The molecule has 5 rings (SSSR count). The highest BCUT2D eigenvalue weighted by atomic mass is 35.5. The molecule has 0 unspecified atom stereocenters. The summed E-state index contributed by atoms with van der Waals surface area (Å²) in [6.45, 7) is 7.45. The summed E-state index contributed by atoms with van der Waals surface area (Å²) in [5, 5.41) is 10.6. The molecular formula is C36H47ClFN7O2. The molecule has 0 saturated carbocycles. The van der Waals surface area contributed by atoms with E-state index < -0.39 is 11.5 Å². The second-order valence-corrected chi connectivity index (χ2v) is 13.6. The number of H-pyrrole nitrogens is 1. The molecule has 0 aliphatic carbocycles. The second kappa shape index (κ2) is 15.6. The highest BCUT2D eigenvalue weighted by molar-refractivity contribution is 6.31. The van der Waals surface area contributed by atoms with Crippen molar-refractivity contribution in [3.05, 3.63) is 81.1 Å². The van der Waals surface area contributed by atoms with E-state index in [0.717, 1.165) is 57.1 Å². The third-order valence-corrected chi connectivity index (χ3v) is 9.38. The van der Waals surface area contributed by atoms with Gasteiger partial charge in [0.05, 0.1) is 22.2 Å². The number of fused-ring (bicyclic) bond motifs is 1. The van der Waals surface area contributed by atoms with Gasteiger partial charge in [-0.05, 0) is 106 Å². The number of hydrogen-bond acceptors (Lipinski definition) is 6. The number of rotatable bonds is 13. The van der Waals surface area contributed by atoms with Gasteiger partial charge in [0.1, 0.15) is 5.65 Å². The van der Waals surface area contributed by atoms with Crippen LogP contribution in [0.25, 0.3) is 28.0 Å². The van der Waals surface area contributed by atoms with Gasteiger partial charge >= 0.3 is 5.69 Å². The molecule has 2 aromatic heterocycles. The molecule has 1 fully saturated rings. The molecule has 1 aliphatic heterocycles. The van der Waals surface area contributed by atoms with Crippen molar-refractivity contribution < 1.29 is 9.50 Å². The summed E-state index contributed by atoms with van der Waals surface area (Å²) in [4.78, 5) is 27.5. The van der Waals surface area contributed by atoms with Crippen LogP contribution >= 0.6 is 11.6 Å². The number of hydrogen-bond donors (Lipinski definition) is 4. The maximum atomic E-state index is 15.2. The molecular weight excluding hydrogens is 617 g/mol. The quantitative estimate of drug-likeness (QED) is 0.100. The number of nitrogens with zero attached hydrogens (tertiary/aromatic N) is 4. The zero-order valence-electron chi connectivity index (χ0n) is 27.6. The highest BCUT2D eigenvalue weighted by Gasteiger charge is 2.32. The maximum Gasteiger partial charge on any atom is 0.354 e. The Hall–Kier alpha value is -3.57. The van der Waals surface area contributed by atoms with E-state index in [2.05, 4.69) is 38.9 Å². The topological polar surface area (TPSA) is 139 Å². The fourth-order valence-corrected chi connectivity index (χ4v) is 6.92. The summed E-state index contributed by atoms with van der Waals surface area (Å²) < 4.78 is 16.7. The number of amidine groups is 1. The van der Waals surface area contributed by atoms with Gasteiger partial charge in [-0.2, -0.15) is 4.98 Å². The summed E-state index contributed by atoms with van der Waals surface area (Å²) in [6, 6.07) is 13.9. The Bertz CT molecular complexity index is 1750. The molecule has 6 N–H and O–H groups in total. The number of aromatic nitrogens is 3. The summed E-state index contributed by atoms with van der Waals surface area (Å²) in [7, 11) is 0. The molecule has 0 spiro atoms. The van der Waals surface area contributed by atoms with Gasteiger partial charge in [0.15, 0.2) is 5.82 Å². The van der Waals surface area contributed by atoms with Crippen LogP contribution in [0.15, 0.2) is 58.4 Å². The van der Waals surface area contributed by atoms with Crippen LogP contribution in [0.3, 0.4) is 0 Å². The van der Waals surface area contributed by atoms with E-state index in [1.54, 1.807) is 24.4 Å². The van der Waals surface area contributed by atoms with E-state index in [-0.39, 0.29) is 29.6 Å². The molecule has 3 heterocycles. The Balaban J connectivity index is 1.40. The predicted octanol–water partition coefficient (Wildman–Crippen LogP) is 6.13. The summed E-state index contributed by atoms with van der Waals surface area (Å²) in [5.41, 5.74) is 15.2. The minimum atomic E-state index is -0.519. The van der Waals surface area contributed by atoms with Gasteiger partial charge in [0.25, 0.3) is 0 Å². The van der Waals surface area contributed by atoms with Crippen molar-refractivity contribution in [3.8, 4) is 16.9 Å². The molecule has 11 heteroatoms.